The van der Waals surface area contributed by atoms with Crippen molar-refractivity contribution in [2.24, 2.45) is 0 Å². The van der Waals surface area contributed by atoms with Gasteiger partial charge in [-0.15, -0.1) is 0 Å². The van der Waals surface area contributed by atoms with Gasteiger partial charge in [0.25, 0.3) is 0 Å². The van der Waals surface area contributed by atoms with Gasteiger partial charge in [-0.25, -0.2) is 4.79 Å². The van der Waals surface area contributed by atoms with Crippen molar-refractivity contribution in [2.45, 2.75) is 12.8 Å². The number of amides is 1. The number of Topliss-reactive ketones (excluding diaryl/α,β-unsaturated/α-hetero) is 1. The normalized spacial score (nSPS) is 13.2. The standard InChI is InChI=1S/C20H16N2O4/c23-18(13-5-7-16-12(9-13)6-8-19(24)22-16)11-26-20(25)15-10-21-17-4-2-1-3-14(15)17/h1-5,7,9-10,21H,6,8,11H2,(H,22,24). The molecule has 1 aliphatic rings. The molecule has 2 aromatic carbocycles. The summed E-state index contributed by atoms with van der Waals surface area (Å²) in [5, 5.41) is 3.53. The van der Waals surface area contributed by atoms with E-state index >= 15 is 0 Å². The molecule has 0 spiro atoms. The summed E-state index contributed by atoms with van der Waals surface area (Å²) in [5.41, 5.74) is 3.35. The van der Waals surface area contributed by atoms with Gasteiger partial charge in [-0.05, 0) is 36.2 Å². The second-order valence-electron chi connectivity index (χ2n) is 6.17. The van der Waals surface area contributed by atoms with E-state index in [0.717, 1.165) is 22.2 Å². The van der Waals surface area contributed by atoms with Crippen LogP contribution in [0, 0.1) is 0 Å². The number of carbonyl (C=O) groups is 3. The van der Waals surface area contributed by atoms with Crippen LogP contribution in [0.1, 0.15) is 32.7 Å². The van der Waals surface area contributed by atoms with Crippen molar-refractivity contribution in [1.29, 1.82) is 0 Å². The number of hydrogen-bond acceptors (Lipinski definition) is 4. The van der Waals surface area contributed by atoms with Crippen LogP contribution in [0.2, 0.25) is 0 Å². The van der Waals surface area contributed by atoms with Gasteiger partial charge in [-0.1, -0.05) is 18.2 Å². The second-order valence-corrected chi connectivity index (χ2v) is 6.17. The van der Waals surface area contributed by atoms with E-state index in [1.165, 1.54) is 0 Å². The lowest BCUT2D eigenvalue weighted by atomic mass is 9.99. The van der Waals surface area contributed by atoms with Crippen molar-refractivity contribution in [3.05, 3.63) is 65.4 Å². The zero-order chi connectivity index (χ0) is 18.1. The zero-order valence-corrected chi connectivity index (χ0v) is 13.9. The number of para-hydroxylation sites is 1. The van der Waals surface area contributed by atoms with Crippen molar-refractivity contribution in [3.63, 3.8) is 0 Å². The molecule has 0 aliphatic carbocycles. The third kappa shape index (κ3) is 2.97. The first-order chi connectivity index (χ1) is 12.6. The second kappa shape index (κ2) is 6.48. The van der Waals surface area contributed by atoms with Gasteiger partial charge < -0.3 is 15.0 Å². The summed E-state index contributed by atoms with van der Waals surface area (Å²) in [7, 11) is 0. The maximum Gasteiger partial charge on any atom is 0.340 e. The van der Waals surface area contributed by atoms with Crippen molar-refractivity contribution >= 4 is 34.3 Å². The lowest BCUT2D eigenvalue weighted by Crippen LogP contribution is -2.20. The number of nitrogens with one attached hydrogen (secondary N) is 2. The number of hydrogen-bond donors (Lipinski definition) is 2. The molecule has 6 nitrogen and oxygen atoms in total. The number of carbonyl (C=O) groups excluding carboxylic acids is 3. The maximum atomic E-state index is 12.4. The van der Waals surface area contributed by atoms with Crippen LogP contribution in [-0.2, 0) is 16.0 Å². The molecule has 2 heterocycles. The van der Waals surface area contributed by atoms with E-state index in [0.29, 0.717) is 24.0 Å². The number of benzene rings is 2. The predicted molar refractivity (Wildman–Crippen MR) is 96.3 cm³/mol. The average molecular weight is 348 g/mol. The van der Waals surface area contributed by atoms with Crippen molar-refractivity contribution in [3.8, 4) is 0 Å². The molecule has 3 aromatic rings. The minimum Gasteiger partial charge on any atom is -0.454 e. The molecule has 0 unspecified atom stereocenters. The molecule has 2 N–H and O–H groups in total. The first kappa shape index (κ1) is 16.1. The smallest absolute Gasteiger partial charge is 0.340 e. The van der Waals surface area contributed by atoms with Gasteiger partial charge in [0.1, 0.15) is 0 Å². The fourth-order valence-corrected chi connectivity index (χ4v) is 3.09. The van der Waals surface area contributed by atoms with Gasteiger partial charge in [0.15, 0.2) is 12.4 Å². The Bertz CT molecular complexity index is 1040. The van der Waals surface area contributed by atoms with E-state index in [1.807, 2.05) is 24.3 Å². The summed E-state index contributed by atoms with van der Waals surface area (Å²) < 4.78 is 5.19. The average Bonchev–Trinajstić information content (AvgIpc) is 3.09. The first-order valence-electron chi connectivity index (χ1n) is 8.31. The quantitative estimate of drug-likeness (QED) is 0.560. The third-order valence-corrected chi connectivity index (χ3v) is 4.47. The number of esters is 1. The first-order valence-corrected chi connectivity index (χ1v) is 8.31. The van der Waals surface area contributed by atoms with Crippen LogP contribution in [0.25, 0.3) is 10.9 Å². The van der Waals surface area contributed by atoms with Crippen LogP contribution in [0.4, 0.5) is 5.69 Å². The molecule has 0 saturated carbocycles. The number of aromatic nitrogens is 1. The van der Waals surface area contributed by atoms with E-state index < -0.39 is 5.97 Å². The number of fused-ring (bicyclic) bond motifs is 2. The van der Waals surface area contributed by atoms with Crippen LogP contribution in [0.5, 0.6) is 0 Å². The van der Waals surface area contributed by atoms with Crippen molar-refractivity contribution < 1.29 is 19.1 Å². The van der Waals surface area contributed by atoms with E-state index in [2.05, 4.69) is 10.3 Å². The Labute approximate surface area is 149 Å². The molecule has 1 aliphatic heterocycles. The van der Waals surface area contributed by atoms with E-state index in [9.17, 15) is 14.4 Å². The van der Waals surface area contributed by atoms with Gasteiger partial charge in [-0.3, -0.25) is 9.59 Å². The number of ketones is 1. The molecule has 1 amide bonds. The molecule has 0 atom stereocenters. The molecule has 0 saturated heterocycles. The Morgan fingerprint density at radius 3 is 2.81 bits per heavy atom. The predicted octanol–water partition coefficient (Wildman–Crippen LogP) is 3.09. The van der Waals surface area contributed by atoms with Crippen molar-refractivity contribution in [1.82, 2.24) is 4.98 Å². The van der Waals surface area contributed by atoms with Gasteiger partial charge >= 0.3 is 5.97 Å². The van der Waals surface area contributed by atoms with Gasteiger partial charge in [0, 0.05) is 34.8 Å². The van der Waals surface area contributed by atoms with Crippen molar-refractivity contribution in [2.75, 3.05) is 11.9 Å². The van der Waals surface area contributed by atoms with Crippen LogP contribution < -0.4 is 5.32 Å². The lowest BCUT2D eigenvalue weighted by molar-refractivity contribution is -0.116. The Kier molecular flexibility index (Phi) is 4.01. The minimum absolute atomic E-state index is 0.0239. The van der Waals surface area contributed by atoms with E-state index in [-0.39, 0.29) is 18.3 Å². The highest BCUT2D eigenvalue weighted by molar-refractivity contribution is 6.06. The Morgan fingerprint density at radius 2 is 1.92 bits per heavy atom. The molecule has 4 rings (SSSR count). The largest absolute Gasteiger partial charge is 0.454 e. The highest BCUT2D eigenvalue weighted by Crippen LogP contribution is 2.24. The summed E-state index contributed by atoms with van der Waals surface area (Å²) in [6, 6.07) is 12.5. The molecular weight excluding hydrogens is 332 g/mol. The third-order valence-electron chi connectivity index (χ3n) is 4.47. The molecule has 1 aromatic heterocycles. The number of aryl methyl sites for hydroxylation is 1. The lowest BCUT2D eigenvalue weighted by Gasteiger charge is -2.17. The zero-order valence-electron chi connectivity index (χ0n) is 13.9. The Morgan fingerprint density at radius 1 is 1.08 bits per heavy atom. The summed E-state index contributed by atoms with van der Waals surface area (Å²) in [6.45, 7) is -0.330. The van der Waals surface area contributed by atoms with E-state index in [1.54, 1.807) is 24.4 Å². The Balaban J connectivity index is 1.45. The van der Waals surface area contributed by atoms with Crippen LogP contribution >= 0.6 is 0 Å². The molecule has 0 radical (unpaired) electrons. The topological polar surface area (TPSA) is 88.3 Å². The number of H-pyrrole nitrogens is 1. The van der Waals surface area contributed by atoms with Crippen LogP contribution in [-0.4, -0.2) is 29.3 Å². The summed E-state index contributed by atoms with van der Waals surface area (Å²) in [6.07, 6.45) is 2.58. The molecule has 26 heavy (non-hydrogen) atoms. The van der Waals surface area contributed by atoms with Crippen LogP contribution in [0.3, 0.4) is 0 Å². The number of aromatic amines is 1. The monoisotopic (exact) mass is 348 g/mol. The molecule has 0 fully saturated rings. The van der Waals surface area contributed by atoms with Gasteiger partial charge in [-0.2, -0.15) is 0 Å². The minimum atomic E-state index is -0.541. The van der Waals surface area contributed by atoms with Crippen LogP contribution in [0.15, 0.2) is 48.7 Å². The van der Waals surface area contributed by atoms with Gasteiger partial charge in [0.05, 0.1) is 5.56 Å². The summed E-state index contributed by atoms with van der Waals surface area (Å²) in [4.78, 5) is 39.0. The Hall–Kier alpha value is -3.41. The highest BCUT2D eigenvalue weighted by Gasteiger charge is 2.18. The summed E-state index contributed by atoms with van der Waals surface area (Å²) in [5.74, 6) is -0.844. The van der Waals surface area contributed by atoms with Gasteiger partial charge in [0.2, 0.25) is 5.91 Å². The number of anilines is 1. The fraction of sp³-hybridized carbons (Fsp3) is 0.150. The van der Waals surface area contributed by atoms with E-state index in [4.69, 9.17) is 4.74 Å². The molecule has 130 valence electrons. The molecular formula is C20H16N2O4. The highest BCUT2D eigenvalue weighted by atomic mass is 16.5. The molecule has 0 bridgehead atoms. The number of ether oxygens (including phenoxy) is 1. The fourth-order valence-electron chi connectivity index (χ4n) is 3.09. The summed E-state index contributed by atoms with van der Waals surface area (Å²) >= 11 is 0. The molecule has 6 heteroatoms. The maximum absolute atomic E-state index is 12.4. The number of rotatable bonds is 4. The SMILES string of the molecule is O=C1CCc2cc(C(=O)COC(=O)c3c[nH]c4ccccc34)ccc2N1.